The molecule has 2 aromatic heterocycles. The van der Waals surface area contributed by atoms with Crippen molar-refractivity contribution >= 4 is 19.2 Å². The third-order valence-corrected chi connectivity index (χ3v) is 10.6. The molecule has 0 aliphatic heterocycles. The van der Waals surface area contributed by atoms with Crippen molar-refractivity contribution in [2.45, 2.75) is 40.8 Å². The predicted octanol–water partition coefficient (Wildman–Crippen LogP) is 7.06. The third-order valence-electron chi connectivity index (χ3n) is 6.48. The van der Waals surface area contributed by atoms with Crippen LogP contribution in [0.25, 0.3) is 11.1 Å². The Kier molecular flexibility index (Phi) is 4.30. The number of furan rings is 2. The Morgan fingerprint density at radius 2 is 1.15 bits per heavy atom. The predicted molar refractivity (Wildman–Crippen MR) is 115 cm³/mol. The van der Waals surface area contributed by atoms with E-state index in [0.717, 1.165) is 11.5 Å². The lowest BCUT2D eigenvalue weighted by Crippen LogP contribution is -2.38. The highest BCUT2D eigenvalue weighted by Crippen LogP contribution is 2.50. The minimum absolute atomic E-state index is 0.449. The maximum absolute atomic E-state index is 5.82. The van der Waals surface area contributed by atoms with Gasteiger partial charge in [0.25, 0.3) is 0 Å². The molecule has 0 N–H and O–H groups in total. The van der Waals surface area contributed by atoms with Gasteiger partial charge in [0.05, 0.1) is 12.5 Å². The van der Waals surface area contributed by atoms with Crippen molar-refractivity contribution in [3.8, 4) is 0 Å². The molecule has 0 radical (unpaired) electrons. The van der Waals surface area contributed by atoms with Crippen LogP contribution in [0.3, 0.4) is 0 Å². The average molecular weight is 377 g/mol. The molecule has 0 aromatic carbocycles. The molecule has 0 bridgehead atoms. The van der Waals surface area contributed by atoms with Crippen LogP contribution in [0.15, 0.2) is 79.3 Å². The van der Waals surface area contributed by atoms with Gasteiger partial charge in [0.15, 0.2) is 0 Å². The largest absolute Gasteiger partial charge is 0.464 e. The summed E-state index contributed by atoms with van der Waals surface area (Å²) in [6, 6.07) is 8.15. The van der Waals surface area contributed by atoms with Crippen molar-refractivity contribution in [2.75, 3.05) is 0 Å². The lowest BCUT2D eigenvalue weighted by Gasteiger charge is -2.35. The molecule has 0 fully saturated rings. The minimum atomic E-state index is -1.95. The summed E-state index contributed by atoms with van der Waals surface area (Å²) in [6.45, 7) is 14.2. The van der Waals surface area contributed by atoms with Gasteiger partial charge in [-0.3, -0.25) is 0 Å². The summed E-state index contributed by atoms with van der Waals surface area (Å²) in [6.07, 6.45) is 8.22. The SMILES string of the molecule is CC1=CC(c2ccco2)=C([Si](C)(C)C2=C(c3ccco3)C=C(C)C2C)C1C. The Labute approximate surface area is 163 Å². The van der Waals surface area contributed by atoms with E-state index in [9.17, 15) is 0 Å². The molecule has 0 saturated carbocycles. The van der Waals surface area contributed by atoms with Crippen LogP contribution in [0.2, 0.25) is 13.1 Å². The number of hydrogen-bond donors (Lipinski definition) is 0. The molecule has 2 atom stereocenters. The van der Waals surface area contributed by atoms with Crippen LogP contribution < -0.4 is 0 Å². The first-order valence-electron chi connectivity index (χ1n) is 9.75. The standard InChI is InChI=1S/C24H28O2Si/c1-15-13-19(21-9-7-11-25-21)23(17(15)3)27(5,6)24-18(4)16(2)14-20(24)22-10-8-12-26-22/h7-14,17-18H,1-6H3. The Balaban J connectivity index is 1.92. The van der Waals surface area contributed by atoms with Gasteiger partial charge in [-0.2, -0.15) is 0 Å². The van der Waals surface area contributed by atoms with Crippen LogP contribution in [0, 0.1) is 11.8 Å². The molecule has 2 aromatic rings. The Hall–Kier alpha value is -2.26. The van der Waals surface area contributed by atoms with Crippen LogP contribution in [0.4, 0.5) is 0 Å². The van der Waals surface area contributed by atoms with Gasteiger partial charge in [-0.05, 0) is 49.9 Å². The van der Waals surface area contributed by atoms with E-state index in [0.29, 0.717) is 11.8 Å². The fraction of sp³-hybridized carbons (Fsp3) is 0.333. The van der Waals surface area contributed by atoms with Crippen LogP contribution >= 0.6 is 0 Å². The van der Waals surface area contributed by atoms with Gasteiger partial charge in [-0.1, -0.05) is 60.6 Å². The van der Waals surface area contributed by atoms with Crippen molar-refractivity contribution in [1.29, 1.82) is 0 Å². The van der Waals surface area contributed by atoms with Gasteiger partial charge in [0.1, 0.15) is 19.6 Å². The summed E-state index contributed by atoms with van der Waals surface area (Å²) >= 11 is 0. The van der Waals surface area contributed by atoms with Gasteiger partial charge in [0, 0.05) is 11.1 Å². The fourth-order valence-electron chi connectivity index (χ4n) is 4.95. The molecule has 2 aliphatic rings. The highest BCUT2D eigenvalue weighted by molar-refractivity contribution is 6.92. The summed E-state index contributed by atoms with van der Waals surface area (Å²) in [5.74, 6) is 2.88. The number of rotatable bonds is 4. The van der Waals surface area contributed by atoms with E-state index < -0.39 is 8.07 Å². The second-order valence-corrected chi connectivity index (χ2v) is 12.8. The molecule has 140 valence electrons. The molecule has 3 heteroatoms. The van der Waals surface area contributed by atoms with Gasteiger partial charge in [-0.15, -0.1) is 0 Å². The van der Waals surface area contributed by atoms with Gasteiger partial charge in [0.2, 0.25) is 0 Å². The van der Waals surface area contributed by atoms with E-state index in [-0.39, 0.29) is 0 Å². The molecule has 4 rings (SSSR count). The number of allylic oxidation sites excluding steroid dienone is 8. The van der Waals surface area contributed by atoms with Crippen molar-refractivity contribution in [3.05, 3.63) is 82.0 Å². The Morgan fingerprint density at radius 1 is 0.741 bits per heavy atom. The van der Waals surface area contributed by atoms with E-state index in [1.165, 1.54) is 22.3 Å². The molecule has 0 saturated heterocycles. The molecule has 2 aliphatic carbocycles. The molecule has 0 amide bonds. The zero-order valence-corrected chi connectivity index (χ0v) is 18.1. The first kappa shape index (κ1) is 18.1. The quantitative estimate of drug-likeness (QED) is 0.534. The summed E-state index contributed by atoms with van der Waals surface area (Å²) in [5.41, 5.74) is 5.44. The Morgan fingerprint density at radius 3 is 1.48 bits per heavy atom. The summed E-state index contributed by atoms with van der Waals surface area (Å²) in [4.78, 5) is 0. The van der Waals surface area contributed by atoms with Crippen LogP contribution in [-0.4, -0.2) is 8.07 Å². The zero-order valence-electron chi connectivity index (χ0n) is 17.1. The van der Waals surface area contributed by atoms with Crippen molar-refractivity contribution in [1.82, 2.24) is 0 Å². The van der Waals surface area contributed by atoms with E-state index >= 15 is 0 Å². The maximum Gasteiger partial charge on any atom is 0.133 e. The monoisotopic (exact) mass is 376 g/mol. The fourth-order valence-corrected chi connectivity index (χ4v) is 9.60. The van der Waals surface area contributed by atoms with E-state index in [1.807, 2.05) is 12.1 Å². The van der Waals surface area contributed by atoms with Gasteiger partial charge in [-0.25, -0.2) is 0 Å². The second kappa shape index (κ2) is 6.41. The molecule has 27 heavy (non-hydrogen) atoms. The first-order valence-corrected chi connectivity index (χ1v) is 12.8. The summed E-state index contributed by atoms with van der Waals surface area (Å²) in [7, 11) is -1.95. The van der Waals surface area contributed by atoms with Gasteiger partial charge >= 0.3 is 0 Å². The van der Waals surface area contributed by atoms with E-state index in [2.05, 4.69) is 65.1 Å². The average Bonchev–Trinajstić information content (AvgIpc) is 3.38. The molecule has 2 unspecified atom stereocenters. The van der Waals surface area contributed by atoms with Crippen molar-refractivity contribution in [2.24, 2.45) is 11.8 Å². The highest BCUT2D eigenvalue weighted by atomic mass is 28.3. The first-order chi connectivity index (χ1) is 12.8. The van der Waals surface area contributed by atoms with Gasteiger partial charge < -0.3 is 8.83 Å². The molecule has 0 spiro atoms. The lowest BCUT2D eigenvalue weighted by atomic mass is 10.1. The molecular weight excluding hydrogens is 348 g/mol. The third kappa shape index (κ3) is 2.76. The highest BCUT2D eigenvalue weighted by Gasteiger charge is 2.43. The minimum Gasteiger partial charge on any atom is -0.464 e. The lowest BCUT2D eigenvalue weighted by molar-refractivity contribution is 0.554. The van der Waals surface area contributed by atoms with Crippen molar-refractivity contribution in [3.63, 3.8) is 0 Å². The number of hydrogen-bond acceptors (Lipinski definition) is 2. The summed E-state index contributed by atoms with van der Waals surface area (Å²) < 4.78 is 11.6. The van der Waals surface area contributed by atoms with Crippen molar-refractivity contribution < 1.29 is 8.83 Å². The molecule has 2 nitrogen and oxygen atoms in total. The summed E-state index contributed by atoms with van der Waals surface area (Å²) in [5, 5.41) is 3.15. The van der Waals surface area contributed by atoms with Crippen LogP contribution in [0.5, 0.6) is 0 Å². The Bertz CT molecular complexity index is 899. The zero-order chi connectivity index (χ0) is 19.3. The maximum atomic E-state index is 5.82. The van der Waals surface area contributed by atoms with E-state index in [4.69, 9.17) is 8.83 Å². The normalized spacial score (nSPS) is 23.3. The second-order valence-electron chi connectivity index (χ2n) is 8.45. The van der Waals surface area contributed by atoms with Crippen LogP contribution in [-0.2, 0) is 0 Å². The van der Waals surface area contributed by atoms with Crippen LogP contribution in [0.1, 0.15) is 39.2 Å². The van der Waals surface area contributed by atoms with E-state index in [1.54, 1.807) is 22.9 Å². The molecular formula is C24H28O2Si. The molecule has 2 heterocycles. The topological polar surface area (TPSA) is 26.3 Å². The smallest absolute Gasteiger partial charge is 0.133 e.